The molecule has 23 heavy (non-hydrogen) atoms. The molecule has 2 heterocycles. The molecule has 2 aliphatic heterocycles. The largest absolute Gasteiger partial charge is 0.379 e. The summed E-state index contributed by atoms with van der Waals surface area (Å²) in [6.07, 6.45) is 0. The molecule has 0 radical (unpaired) electrons. The van der Waals surface area contributed by atoms with E-state index < -0.39 is 0 Å². The number of hydrogen-bond acceptors (Lipinski definition) is 4. The van der Waals surface area contributed by atoms with E-state index in [1.54, 1.807) is 6.07 Å². The number of rotatable bonds is 3. The molecule has 0 aromatic heterocycles. The van der Waals surface area contributed by atoms with Crippen molar-refractivity contribution in [3.05, 3.63) is 33.8 Å². The van der Waals surface area contributed by atoms with Crippen LogP contribution in [0.15, 0.2) is 18.2 Å². The average Bonchev–Trinajstić information content (AvgIpc) is 2.51. The van der Waals surface area contributed by atoms with E-state index >= 15 is 0 Å². The number of ether oxygens (including phenoxy) is 1. The fourth-order valence-electron chi connectivity index (χ4n) is 3.09. The van der Waals surface area contributed by atoms with E-state index in [1.807, 2.05) is 17.0 Å². The molecule has 1 unspecified atom stereocenters. The van der Waals surface area contributed by atoms with E-state index in [4.69, 9.17) is 27.9 Å². The van der Waals surface area contributed by atoms with Gasteiger partial charge in [0, 0.05) is 29.7 Å². The molecule has 2 saturated heterocycles. The van der Waals surface area contributed by atoms with Crippen molar-refractivity contribution in [2.75, 3.05) is 46.1 Å². The number of benzene rings is 1. The molecule has 126 valence electrons. The third-order valence-electron chi connectivity index (χ3n) is 4.46. The van der Waals surface area contributed by atoms with Crippen LogP contribution in [0.3, 0.4) is 0 Å². The van der Waals surface area contributed by atoms with Crippen LogP contribution in [0.5, 0.6) is 0 Å². The van der Waals surface area contributed by atoms with Gasteiger partial charge in [0.1, 0.15) is 0 Å². The van der Waals surface area contributed by atoms with Crippen LogP contribution in [-0.2, 0) is 15.1 Å². The maximum absolute atomic E-state index is 12.3. The molecule has 0 bridgehead atoms. The van der Waals surface area contributed by atoms with Crippen LogP contribution >= 0.6 is 23.2 Å². The van der Waals surface area contributed by atoms with Crippen molar-refractivity contribution in [2.45, 2.75) is 12.5 Å². The fraction of sp³-hybridized carbons (Fsp3) is 0.562. The fourth-order valence-corrected chi connectivity index (χ4v) is 3.61. The first-order valence-electron chi connectivity index (χ1n) is 7.76. The molecule has 3 rings (SSSR count). The van der Waals surface area contributed by atoms with Crippen molar-refractivity contribution in [1.29, 1.82) is 0 Å². The molecule has 2 aliphatic rings. The lowest BCUT2D eigenvalue weighted by atomic mass is 9.89. The summed E-state index contributed by atoms with van der Waals surface area (Å²) in [6, 6.07) is 5.53. The van der Waals surface area contributed by atoms with Crippen molar-refractivity contribution < 1.29 is 9.53 Å². The van der Waals surface area contributed by atoms with Gasteiger partial charge in [-0.2, -0.15) is 0 Å². The van der Waals surface area contributed by atoms with E-state index in [0.717, 1.165) is 31.9 Å². The third-order valence-corrected chi connectivity index (χ3v) is 4.90. The SMILES string of the molecule is CC1(c2cc(Cl)cc(Cl)c2)CN(CN2CCOCC2)C(=O)CN1. The predicted molar refractivity (Wildman–Crippen MR) is 90.8 cm³/mol. The monoisotopic (exact) mass is 357 g/mol. The summed E-state index contributed by atoms with van der Waals surface area (Å²) >= 11 is 12.3. The molecule has 1 aromatic rings. The number of carbonyl (C=O) groups is 1. The summed E-state index contributed by atoms with van der Waals surface area (Å²) in [5, 5.41) is 4.54. The Kier molecular flexibility index (Phi) is 5.13. The van der Waals surface area contributed by atoms with E-state index in [0.29, 0.717) is 29.8 Å². The van der Waals surface area contributed by atoms with E-state index in [1.165, 1.54) is 0 Å². The Bertz CT molecular complexity index is 572. The molecule has 0 aliphatic carbocycles. The number of nitrogens with one attached hydrogen (secondary N) is 1. The second kappa shape index (κ2) is 6.95. The van der Waals surface area contributed by atoms with Crippen molar-refractivity contribution in [2.24, 2.45) is 0 Å². The highest BCUT2D eigenvalue weighted by atomic mass is 35.5. The van der Waals surface area contributed by atoms with Gasteiger partial charge in [-0.15, -0.1) is 0 Å². The Morgan fingerprint density at radius 3 is 2.52 bits per heavy atom. The van der Waals surface area contributed by atoms with Crippen LogP contribution in [0, 0.1) is 0 Å². The first-order valence-corrected chi connectivity index (χ1v) is 8.51. The zero-order valence-corrected chi connectivity index (χ0v) is 14.7. The van der Waals surface area contributed by atoms with Crippen LogP contribution in [-0.4, -0.2) is 61.8 Å². The maximum Gasteiger partial charge on any atom is 0.237 e. The highest BCUT2D eigenvalue weighted by Crippen LogP contribution is 2.30. The Morgan fingerprint density at radius 1 is 1.22 bits per heavy atom. The van der Waals surface area contributed by atoms with Gasteiger partial charge in [-0.05, 0) is 30.7 Å². The van der Waals surface area contributed by atoms with E-state index in [2.05, 4.69) is 17.1 Å². The average molecular weight is 358 g/mol. The normalized spacial score (nSPS) is 26.6. The second-order valence-electron chi connectivity index (χ2n) is 6.31. The standard InChI is InChI=1S/C16H21Cl2N3O2/c1-16(12-6-13(17)8-14(18)7-12)10-21(15(22)9-19-16)11-20-2-4-23-5-3-20/h6-8,19H,2-5,9-11H2,1H3. The van der Waals surface area contributed by atoms with Gasteiger partial charge < -0.3 is 9.64 Å². The minimum atomic E-state index is -0.366. The maximum atomic E-state index is 12.3. The van der Waals surface area contributed by atoms with Crippen LogP contribution in [0.2, 0.25) is 10.0 Å². The van der Waals surface area contributed by atoms with Crippen molar-refractivity contribution in [3.8, 4) is 0 Å². The van der Waals surface area contributed by atoms with Gasteiger partial charge in [0.15, 0.2) is 0 Å². The summed E-state index contributed by atoms with van der Waals surface area (Å²) < 4.78 is 5.37. The van der Waals surface area contributed by atoms with Crippen LogP contribution in [0.25, 0.3) is 0 Å². The Morgan fingerprint density at radius 2 is 1.87 bits per heavy atom. The predicted octanol–water partition coefficient (Wildman–Crippen LogP) is 1.93. The van der Waals surface area contributed by atoms with Crippen LogP contribution in [0.4, 0.5) is 0 Å². The number of amides is 1. The van der Waals surface area contributed by atoms with E-state index in [-0.39, 0.29) is 11.4 Å². The number of carbonyl (C=O) groups excluding carboxylic acids is 1. The van der Waals surface area contributed by atoms with Gasteiger partial charge in [0.25, 0.3) is 0 Å². The molecule has 0 spiro atoms. The Balaban J connectivity index is 1.76. The van der Waals surface area contributed by atoms with E-state index in [9.17, 15) is 4.79 Å². The summed E-state index contributed by atoms with van der Waals surface area (Å²) in [5.74, 6) is 0.113. The van der Waals surface area contributed by atoms with Gasteiger partial charge in [0.2, 0.25) is 5.91 Å². The first-order chi connectivity index (χ1) is 11.0. The van der Waals surface area contributed by atoms with Gasteiger partial charge in [0.05, 0.1) is 32.0 Å². The van der Waals surface area contributed by atoms with Gasteiger partial charge in [-0.1, -0.05) is 23.2 Å². The topological polar surface area (TPSA) is 44.8 Å². The smallest absolute Gasteiger partial charge is 0.237 e. The van der Waals surface area contributed by atoms with Crippen molar-refractivity contribution in [3.63, 3.8) is 0 Å². The van der Waals surface area contributed by atoms with Gasteiger partial charge in [-0.25, -0.2) is 0 Å². The summed E-state index contributed by atoms with van der Waals surface area (Å²) in [6.45, 7) is 6.77. The summed E-state index contributed by atoms with van der Waals surface area (Å²) in [4.78, 5) is 16.4. The number of hydrogen-bond donors (Lipinski definition) is 1. The Hall–Kier alpha value is -0.850. The van der Waals surface area contributed by atoms with Gasteiger partial charge >= 0.3 is 0 Å². The highest BCUT2D eigenvalue weighted by Gasteiger charge is 2.36. The molecular weight excluding hydrogens is 337 g/mol. The van der Waals surface area contributed by atoms with Crippen LogP contribution < -0.4 is 5.32 Å². The summed E-state index contributed by atoms with van der Waals surface area (Å²) in [7, 11) is 0. The lowest BCUT2D eigenvalue weighted by Gasteiger charge is -2.43. The first kappa shape index (κ1) is 17.0. The molecule has 2 fully saturated rings. The molecule has 5 nitrogen and oxygen atoms in total. The minimum Gasteiger partial charge on any atom is -0.379 e. The number of nitrogens with zero attached hydrogens (tertiary/aromatic N) is 2. The lowest BCUT2D eigenvalue weighted by Crippen LogP contribution is -2.61. The minimum absolute atomic E-state index is 0.113. The molecule has 1 N–H and O–H groups in total. The zero-order chi connectivity index (χ0) is 16.4. The van der Waals surface area contributed by atoms with Gasteiger partial charge in [-0.3, -0.25) is 15.0 Å². The molecule has 1 aromatic carbocycles. The number of morpholine rings is 1. The molecule has 7 heteroatoms. The lowest BCUT2D eigenvalue weighted by molar-refractivity contribution is -0.138. The second-order valence-corrected chi connectivity index (χ2v) is 7.18. The molecule has 1 amide bonds. The number of piperazine rings is 1. The summed E-state index contributed by atoms with van der Waals surface area (Å²) in [5.41, 5.74) is 0.629. The Labute approximate surface area is 146 Å². The van der Waals surface area contributed by atoms with Crippen molar-refractivity contribution in [1.82, 2.24) is 15.1 Å². The van der Waals surface area contributed by atoms with Crippen LogP contribution in [0.1, 0.15) is 12.5 Å². The molecule has 1 atom stereocenters. The highest BCUT2D eigenvalue weighted by molar-refractivity contribution is 6.34. The third kappa shape index (κ3) is 3.98. The molecular formula is C16H21Cl2N3O2. The molecule has 0 saturated carbocycles. The number of halogens is 2. The quantitative estimate of drug-likeness (QED) is 0.897. The van der Waals surface area contributed by atoms with Crippen molar-refractivity contribution >= 4 is 29.1 Å². The zero-order valence-electron chi connectivity index (χ0n) is 13.1.